The average Bonchev–Trinajstić information content (AvgIpc) is 2.77. The van der Waals surface area contributed by atoms with Gasteiger partial charge in [-0.25, -0.2) is 4.79 Å². The van der Waals surface area contributed by atoms with Crippen LogP contribution >= 0.6 is 0 Å². The van der Waals surface area contributed by atoms with Crippen LogP contribution in [-0.2, 0) is 16.6 Å². The molecule has 0 bridgehead atoms. The van der Waals surface area contributed by atoms with Crippen LogP contribution in [0.4, 0.5) is 0 Å². The van der Waals surface area contributed by atoms with Gasteiger partial charge in [-0.3, -0.25) is 9.48 Å². The zero-order valence-corrected chi connectivity index (χ0v) is 11.8. The van der Waals surface area contributed by atoms with E-state index in [-0.39, 0.29) is 17.2 Å². The molecule has 0 fully saturated rings. The Kier molecular flexibility index (Phi) is 5.02. The van der Waals surface area contributed by atoms with E-state index in [0.29, 0.717) is 5.69 Å². The molecule has 0 saturated carbocycles. The number of amides is 1. The van der Waals surface area contributed by atoms with Crippen molar-refractivity contribution in [3.05, 3.63) is 54.0 Å². The Bertz CT molecular complexity index is 577. The summed E-state index contributed by atoms with van der Waals surface area (Å²) in [6.07, 6.45) is 4.25. The maximum absolute atomic E-state index is 12.2. The highest BCUT2D eigenvalue weighted by Crippen LogP contribution is 2.10. The predicted molar refractivity (Wildman–Crippen MR) is 74.8 cm³/mol. The topological polar surface area (TPSA) is 73.2 Å². The second-order valence-corrected chi connectivity index (χ2v) is 3.98. The molecule has 1 heterocycles. The molecule has 0 aliphatic carbocycles. The maximum atomic E-state index is 12.2. The summed E-state index contributed by atoms with van der Waals surface area (Å²) in [6, 6.07) is 0. The highest BCUT2D eigenvalue weighted by atomic mass is 16.5. The molecule has 6 heteroatoms. The van der Waals surface area contributed by atoms with Gasteiger partial charge in [0.1, 0.15) is 5.69 Å². The number of rotatable bonds is 5. The molecule has 20 heavy (non-hydrogen) atoms. The number of nitrogens with one attached hydrogen (secondary N) is 1. The SMILES string of the molecule is C=C/C(NC(=O)c1c(C)cnn1C)=C(\C=C)C(=O)OC. The number of nitrogens with zero attached hydrogens (tertiary/aromatic N) is 2. The van der Waals surface area contributed by atoms with Crippen LogP contribution in [0.15, 0.2) is 42.8 Å². The molecule has 1 N–H and O–H groups in total. The van der Waals surface area contributed by atoms with E-state index >= 15 is 0 Å². The van der Waals surface area contributed by atoms with Crippen molar-refractivity contribution >= 4 is 11.9 Å². The summed E-state index contributed by atoms with van der Waals surface area (Å²) in [5.41, 5.74) is 1.50. The first-order chi connectivity index (χ1) is 9.46. The summed E-state index contributed by atoms with van der Waals surface area (Å²) in [5, 5.41) is 6.60. The molecule has 0 spiro atoms. The Hall–Kier alpha value is -2.63. The first-order valence-corrected chi connectivity index (χ1v) is 5.83. The van der Waals surface area contributed by atoms with E-state index in [2.05, 4.69) is 28.3 Å². The Balaban J connectivity index is 3.14. The van der Waals surface area contributed by atoms with Crippen molar-refractivity contribution in [2.24, 2.45) is 7.05 Å². The number of hydrogen-bond donors (Lipinski definition) is 1. The van der Waals surface area contributed by atoms with E-state index in [9.17, 15) is 9.59 Å². The van der Waals surface area contributed by atoms with Gasteiger partial charge in [0.15, 0.2) is 0 Å². The lowest BCUT2D eigenvalue weighted by Crippen LogP contribution is -2.27. The summed E-state index contributed by atoms with van der Waals surface area (Å²) in [6.45, 7) is 8.88. The van der Waals surface area contributed by atoms with E-state index in [0.717, 1.165) is 5.56 Å². The fourth-order valence-electron chi connectivity index (χ4n) is 1.70. The van der Waals surface area contributed by atoms with Gasteiger partial charge in [0.25, 0.3) is 5.91 Å². The zero-order chi connectivity index (χ0) is 15.3. The molecule has 1 amide bonds. The van der Waals surface area contributed by atoms with Gasteiger partial charge in [0.05, 0.1) is 24.6 Å². The van der Waals surface area contributed by atoms with Gasteiger partial charge in [0, 0.05) is 7.05 Å². The van der Waals surface area contributed by atoms with E-state index in [4.69, 9.17) is 0 Å². The van der Waals surface area contributed by atoms with Gasteiger partial charge in [-0.1, -0.05) is 19.2 Å². The van der Waals surface area contributed by atoms with E-state index in [1.54, 1.807) is 20.2 Å². The lowest BCUT2D eigenvalue weighted by Gasteiger charge is -2.10. The average molecular weight is 275 g/mol. The van der Waals surface area contributed by atoms with Gasteiger partial charge in [-0.05, 0) is 18.6 Å². The first kappa shape index (κ1) is 15.4. The van der Waals surface area contributed by atoms with Crippen molar-refractivity contribution in [1.82, 2.24) is 15.1 Å². The van der Waals surface area contributed by atoms with Crippen LogP contribution in [0.3, 0.4) is 0 Å². The lowest BCUT2D eigenvalue weighted by atomic mass is 10.2. The second-order valence-electron chi connectivity index (χ2n) is 3.98. The lowest BCUT2D eigenvalue weighted by molar-refractivity contribution is -0.135. The van der Waals surface area contributed by atoms with Crippen LogP contribution in [0.2, 0.25) is 0 Å². The minimum absolute atomic E-state index is 0.135. The molecular formula is C14H17N3O3. The van der Waals surface area contributed by atoms with Crippen LogP contribution in [0, 0.1) is 6.92 Å². The predicted octanol–water partition coefficient (Wildman–Crippen LogP) is 1.26. The van der Waals surface area contributed by atoms with Crippen molar-refractivity contribution in [2.75, 3.05) is 7.11 Å². The molecule has 0 saturated heterocycles. The van der Waals surface area contributed by atoms with Crippen LogP contribution in [0.25, 0.3) is 0 Å². The molecule has 0 radical (unpaired) electrons. The van der Waals surface area contributed by atoms with E-state index < -0.39 is 5.97 Å². The molecule has 106 valence electrons. The molecule has 1 rings (SSSR count). The van der Waals surface area contributed by atoms with Crippen molar-refractivity contribution in [3.63, 3.8) is 0 Å². The molecule has 0 aromatic carbocycles. The number of ether oxygens (including phenoxy) is 1. The van der Waals surface area contributed by atoms with Crippen molar-refractivity contribution < 1.29 is 14.3 Å². The van der Waals surface area contributed by atoms with E-state index in [1.807, 2.05) is 0 Å². The molecule has 0 aliphatic rings. The fraction of sp³-hybridized carbons (Fsp3) is 0.214. The van der Waals surface area contributed by atoms with Gasteiger partial charge in [0.2, 0.25) is 0 Å². The molecule has 1 aromatic rings. The third kappa shape index (κ3) is 3.03. The van der Waals surface area contributed by atoms with Gasteiger partial charge in [-0.15, -0.1) is 0 Å². The smallest absolute Gasteiger partial charge is 0.339 e. The number of carbonyl (C=O) groups excluding carboxylic acids is 2. The Morgan fingerprint density at radius 3 is 2.45 bits per heavy atom. The number of methoxy groups -OCH3 is 1. The van der Waals surface area contributed by atoms with Crippen molar-refractivity contribution in [1.29, 1.82) is 0 Å². The number of esters is 1. The standard InChI is InChI=1S/C14H17N3O3/c1-6-10(14(19)20-5)11(7-2)16-13(18)12-9(3)8-15-17(12)4/h6-8H,1-2H2,3-5H3,(H,16,18)/b11-10-. The summed E-state index contributed by atoms with van der Waals surface area (Å²) >= 11 is 0. The monoisotopic (exact) mass is 275 g/mol. The van der Waals surface area contributed by atoms with E-state index in [1.165, 1.54) is 23.9 Å². The number of allylic oxidation sites excluding steroid dienone is 1. The summed E-state index contributed by atoms with van der Waals surface area (Å²) < 4.78 is 6.08. The van der Waals surface area contributed by atoms with Gasteiger partial charge < -0.3 is 10.1 Å². The highest BCUT2D eigenvalue weighted by Gasteiger charge is 2.18. The first-order valence-electron chi connectivity index (χ1n) is 5.83. The van der Waals surface area contributed by atoms with Gasteiger partial charge >= 0.3 is 5.97 Å². The van der Waals surface area contributed by atoms with Crippen LogP contribution in [0.1, 0.15) is 16.1 Å². The summed E-state index contributed by atoms with van der Waals surface area (Å²) in [4.78, 5) is 23.8. The maximum Gasteiger partial charge on any atom is 0.339 e. The zero-order valence-electron chi connectivity index (χ0n) is 11.8. The van der Waals surface area contributed by atoms with Crippen molar-refractivity contribution in [2.45, 2.75) is 6.92 Å². The summed E-state index contributed by atoms with van der Waals surface area (Å²) in [7, 11) is 2.91. The Morgan fingerprint density at radius 2 is 2.05 bits per heavy atom. The number of aromatic nitrogens is 2. The van der Waals surface area contributed by atoms with Crippen LogP contribution in [-0.4, -0.2) is 28.8 Å². The van der Waals surface area contributed by atoms with Gasteiger partial charge in [-0.2, -0.15) is 5.10 Å². The highest BCUT2D eigenvalue weighted by molar-refractivity contribution is 5.98. The minimum atomic E-state index is -0.600. The number of aryl methyl sites for hydroxylation is 2. The third-order valence-corrected chi connectivity index (χ3v) is 2.69. The number of hydrogen-bond acceptors (Lipinski definition) is 4. The molecule has 0 atom stereocenters. The summed E-state index contributed by atoms with van der Waals surface area (Å²) in [5.74, 6) is -0.988. The van der Waals surface area contributed by atoms with Crippen molar-refractivity contribution in [3.8, 4) is 0 Å². The minimum Gasteiger partial charge on any atom is -0.465 e. The third-order valence-electron chi connectivity index (χ3n) is 2.69. The molecule has 1 aromatic heterocycles. The largest absolute Gasteiger partial charge is 0.465 e. The molecule has 0 aliphatic heterocycles. The quantitative estimate of drug-likeness (QED) is 0.499. The normalized spacial score (nSPS) is 11.3. The van der Waals surface area contributed by atoms with Crippen LogP contribution in [0.5, 0.6) is 0 Å². The second kappa shape index (κ2) is 6.51. The molecule has 0 unspecified atom stereocenters. The van der Waals surface area contributed by atoms with Crippen LogP contribution < -0.4 is 5.32 Å². The molecule has 6 nitrogen and oxygen atoms in total. The molecular weight excluding hydrogens is 258 g/mol. The Morgan fingerprint density at radius 1 is 1.40 bits per heavy atom. The number of carbonyl (C=O) groups is 2. The fourth-order valence-corrected chi connectivity index (χ4v) is 1.70. The Labute approximate surface area is 117 Å².